The van der Waals surface area contributed by atoms with Gasteiger partial charge in [-0.3, -0.25) is 0 Å². The molecule has 0 unspecified atom stereocenters. The van der Waals surface area contributed by atoms with Gasteiger partial charge in [0.25, 0.3) is 0 Å². The normalized spacial score (nSPS) is 17.8. The van der Waals surface area contributed by atoms with Crippen LogP contribution >= 0.6 is 0 Å². The molecule has 1 saturated carbocycles. The summed E-state index contributed by atoms with van der Waals surface area (Å²) in [5.41, 5.74) is 1.44. The lowest BCUT2D eigenvalue weighted by molar-refractivity contribution is 0.128. The van der Waals surface area contributed by atoms with E-state index in [0.717, 1.165) is 36.9 Å². The Bertz CT molecular complexity index is 440. The highest BCUT2D eigenvalue weighted by molar-refractivity contribution is 5.89. The quantitative estimate of drug-likeness (QED) is 0.784. The van der Waals surface area contributed by atoms with Gasteiger partial charge in [-0.05, 0) is 37.5 Å². The zero-order chi connectivity index (χ0) is 13.7. The van der Waals surface area contributed by atoms with E-state index >= 15 is 0 Å². The average molecular weight is 262 g/mol. The standard InChI is InChI=1S/C15H22N2O2/c1-12-6-5-7-13(10-12)16-14(19)17-15(11-18)8-3-2-4-9-15/h5-7,10,18H,2-4,8-9,11H2,1H3,(H2,16,17,19). The molecule has 0 spiro atoms. The molecule has 0 atom stereocenters. The van der Waals surface area contributed by atoms with E-state index in [1.54, 1.807) is 0 Å². The number of hydrogen-bond acceptors (Lipinski definition) is 2. The van der Waals surface area contributed by atoms with E-state index in [1.165, 1.54) is 6.42 Å². The van der Waals surface area contributed by atoms with Gasteiger partial charge in [-0.2, -0.15) is 0 Å². The average Bonchev–Trinajstić information content (AvgIpc) is 2.39. The van der Waals surface area contributed by atoms with E-state index in [9.17, 15) is 9.90 Å². The van der Waals surface area contributed by atoms with Crippen molar-refractivity contribution in [2.75, 3.05) is 11.9 Å². The van der Waals surface area contributed by atoms with Crippen molar-refractivity contribution >= 4 is 11.7 Å². The zero-order valence-corrected chi connectivity index (χ0v) is 11.4. The summed E-state index contributed by atoms with van der Waals surface area (Å²) in [4.78, 5) is 12.0. The van der Waals surface area contributed by atoms with E-state index in [4.69, 9.17) is 0 Å². The van der Waals surface area contributed by atoms with E-state index in [1.807, 2.05) is 31.2 Å². The minimum atomic E-state index is -0.438. The lowest BCUT2D eigenvalue weighted by atomic mass is 9.82. The Morgan fingerprint density at radius 2 is 2.05 bits per heavy atom. The number of anilines is 1. The summed E-state index contributed by atoms with van der Waals surface area (Å²) in [6.45, 7) is 1.99. The minimum absolute atomic E-state index is 0.00817. The highest BCUT2D eigenvalue weighted by Crippen LogP contribution is 2.27. The van der Waals surface area contributed by atoms with E-state index in [2.05, 4.69) is 10.6 Å². The molecule has 1 aromatic carbocycles. The number of aliphatic hydroxyl groups is 1. The third-order valence-electron chi connectivity index (χ3n) is 3.77. The fourth-order valence-electron chi connectivity index (χ4n) is 2.68. The van der Waals surface area contributed by atoms with Crippen molar-refractivity contribution in [1.82, 2.24) is 5.32 Å². The molecule has 0 heterocycles. The zero-order valence-electron chi connectivity index (χ0n) is 11.4. The first kappa shape index (κ1) is 13.9. The van der Waals surface area contributed by atoms with Crippen LogP contribution in [0.25, 0.3) is 0 Å². The highest BCUT2D eigenvalue weighted by atomic mass is 16.3. The van der Waals surface area contributed by atoms with Crippen molar-refractivity contribution in [3.8, 4) is 0 Å². The Morgan fingerprint density at radius 3 is 2.68 bits per heavy atom. The summed E-state index contributed by atoms with van der Waals surface area (Å²) in [6.07, 6.45) is 5.01. The van der Waals surface area contributed by atoms with E-state index in [-0.39, 0.29) is 12.6 Å². The van der Waals surface area contributed by atoms with E-state index < -0.39 is 5.54 Å². The number of urea groups is 1. The number of aryl methyl sites for hydroxylation is 1. The Labute approximate surface area is 114 Å². The van der Waals surface area contributed by atoms with Gasteiger partial charge in [0.2, 0.25) is 0 Å². The van der Waals surface area contributed by atoms with Crippen LogP contribution in [0.15, 0.2) is 24.3 Å². The molecule has 1 fully saturated rings. The molecule has 2 amide bonds. The second-order valence-corrected chi connectivity index (χ2v) is 5.45. The molecule has 0 aliphatic heterocycles. The molecule has 104 valence electrons. The van der Waals surface area contributed by atoms with Gasteiger partial charge < -0.3 is 15.7 Å². The SMILES string of the molecule is Cc1cccc(NC(=O)NC2(CO)CCCCC2)c1. The van der Waals surface area contributed by atoms with Crippen LogP contribution in [0.2, 0.25) is 0 Å². The lowest BCUT2D eigenvalue weighted by Crippen LogP contribution is -2.53. The number of hydrogen-bond donors (Lipinski definition) is 3. The van der Waals surface area contributed by atoms with Crippen LogP contribution in [0.4, 0.5) is 10.5 Å². The molecular formula is C15H22N2O2. The number of carbonyl (C=O) groups excluding carboxylic acids is 1. The van der Waals surface area contributed by atoms with Crippen molar-refractivity contribution in [3.05, 3.63) is 29.8 Å². The van der Waals surface area contributed by atoms with Crippen molar-refractivity contribution in [1.29, 1.82) is 0 Å². The summed E-state index contributed by atoms with van der Waals surface area (Å²) in [7, 11) is 0. The Kier molecular flexibility index (Phi) is 4.43. The number of amides is 2. The summed E-state index contributed by atoms with van der Waals surface area (Å²) < 4.78 is 0. The second-order valence-electron chi connectivity index (χ2n) is 5.45. The predicted octanol–water partition coefficient (Wildman–Crippen LogP) is 2.81. The number of carbonyl (C=O) groups is 1. The van der Waals surface area contributed by atoms with Crippen molar-refractivity contribution in [3.63, 3.8) is 0 Å². The van der Waals surface area contributed by atoms with Gasteiger partial charge in [0.15, 0.2) is 0 Å². The van der Waals surface area contributed by atoms with Gasteiger partial charge in [-0.1, -0.05) is 31.4 Å². The predicted molar refractivity (Wildman–Crippen MR) is 76.2 cm³/mol. The van der Waals surface area contributed by atoms with Gasteiger partial charge in [0.1, 0.15) is 0 Å². The maximum Gasteiger partial charge on any atom is 0.319 e. The Morgan fingerprint density at radius 1 is 1.32 bits per heavy atom. The Balaban J connectivity index is 1.96. The molecule has 0 aromatic heterocycles. The van der Waals surface area contributed by atoms with Crippen molar-refractivity contribution in [2.24, 2.45) is 0 Å². The monoisotopic (exact) mass is 262 g/mol. The molecule has 0 radical (unpaired) electrons. The molecule has 19 heavy (non-hydrogen) atoms. The first-order valence-electron chi connectivity index (χ1n) is 6.90. The molecule has 4 nitrogen and oxygen atoms in total. The van der Waals surface area contributed by atoms with Crippen LogP contribution < -0.4 is 10.6 Å². The number of aliphatic hydroxyl groups excluding tert-OH is 1. The topological polar surface area (TPSA) is 61.4 Å². The summed E-state index contributed by atoms with van der Waals surface area (Å²) >= 11 is 0. The highest BCUT2D eigenvalue weighted by Gasteiger charge is 2.32. The first-order chi connectivity index (χ1) is 9.13. The van der Waals surface area contributed by atoms with Crippen LogP contribution in [0.3, 0.4) is 0 Å². The molecule has 4 heteroatoms. The van der Waals surface area contributed by atoms with Crippen molar-refractivity contribution in [2.45, 2.75) is 44.6 Å². The van der Waals surface area contributed by atoms with Gasteiger partial charge in [-0.15, -0.1) is 0 Å². The minimum Gasteiger partial charge on any atom is -0.394 e. The molecule has 0 bridgehead atoms. The van der Waals surface area contributed by atoms with Crippen LogP contribution in [0.5, 0.6) is 0 Å². The van der Waals surface area contributed by atoms with Gasteiger partial charge >= 0.3 is 6.03 Å². The van der Waals surface area contributed by atoms with Crippen LogP contribution in [0.1, 0.15) is 37.7 Å². The molecule has 3 N–H and O–H groups in total. The first-order valence-corrected chi connectivity index (χ1v) is 6.90. The fraction of sp³-hybridized carbons (Fsp3) is 0.533. The smallest absolute Gasteiger partial charge is 0.319 e. The lowest BCUT2D eigenvalue weighted by Gasteiger charge is -2.36. The summed E-state index contributed by atoms with van der Waals surface area (Å²) in [6, 6.07) is 7.44. The maximum atomic E-state index is 12.0. The largest absolute Gasteiger partial charge is 0.394 e. The molecule has 1 aliphatic rings. The molecule has 1 aromatic rings. The number of benzene rings is 1. The van der Waals surface area contributed by atoms with Crippen LogP contribution in [0, 0.1) is 6.92 Å². The van der Waals surface area contributed by atoms with Crippen molar-refractivity contribution < 1.29 is 9.90 Å². The Hall–Kier alpha value is -1.55. The van der Waals surface area contributed by atoms with Gasteiger partial charge in [-0.25, -0.2) is 4.79 Å². The van der Waals surface area contributed by atoms with Gasteiger partial charge in [0, 0.05) is 5.69 Å². The van der Waals surface area contributed by atoms with E-state index in [0.29, 0.717) is 0 Å². The van der Waals surface area contributed by atoms with Crippen LogP contribution in [-0.4, -0.2) is 23.3 Å². The third kappa shape index (κ3) is 3.70. The number of rotatable bonds is 3. The fourth-order valence-corrected chi connectivity index (χ4v) is 2.68. The second kappa shape index (κ2) is 6.06. The number of nitrogens with one attached hydrogen (secondary N) is 2. The third-order valence-corrected chi connectivity index (χ3v) is 3.77. The molecule has 2 rings (SSSR count). The molecule has 1 aliphatic carbocycles. The summed E-state index contributed by atoms with van der Waals surface area (Å²) in [5, 5.41) is 15.3. The molecule has 0 saturated heterocycles. The summed E-state index contributed by atoms with van der Waals surface area (Å²) in [5.74, 6) is 0. The van der Waals surface area contributed by atoms with Crippen LogP contribution in [-0.2, 0) is 0 Å². The maximum absolute atomic E-state index is 12.0. The molecular weight excluding hydrogens is 240 g/mol. The van der Waals surface area contributed by atoms with Gasteiger partial charge in [0.05, 0.1) is 12.1 Å².